The molecule has 0 aliphatic heterocycles. The Labute approximate surface area is 199 Å². The van der Waals surface area contributed by atoms with E-state index in [1.807, 2.05) is 0 Å². The van der Waals surface area contributed by atoms with E-state index in [2.05, 4.69) is 5.32 Å². The van der Waals surface area contributed by atoms with Crippen LogP contribution in [0, 0.1) is 0 Å². The Kier molecular flexibility index (Phi) is 6.94. The minimum Gasteiger partial charge on any atom is -0.476 e. The Balaban J connectivity index is 1.55. The summed E-state index contributed by atoms with van der Waals surface area (Å²) in [6.07, 6.45) is 0. The average Bonchev–Trinajstić information content (AvgIpc) is 2.84. The van der Waals surface area contributed by atoms with Crippen LogP contribution in [-0.2, 0) is 9.53 Å². The van der Waals surface area contributed by atoms with Gasteiger partial charge in [-0.25, -0.2) is 4.79 Å². The van der Waals surface area contributed by atoms with Gasteiger partial charge in [0.25, 0.3) is 5.91 Å². The Morgan fingerprint density at radius 1 is 0.971 bits per heavy atom. The zero-order chi connectivity index (χ0) is 24.1. The van der Waals surface area contributed by atoms with Gasteiger partial charge in [0.05, 0.1) is 17.6 Å². The van der Waals surface area contributed by atoms with Crippen molar-refractivity contribution in [3.8, 4) is 17.1 Å². The number of benzene rings is 3. The van der Waals surface area contributed by atoms with Gasteiger partial charge in [-0.2, -0.15) is 0 Å². The van der Waals surface area contributed by atoms with Crippen LogP contribution in [-0.4, -0.2) is 25.1 Å². The summed E-state index contributed by atoms with van der Waals surface area (Å²) in [6, 6.07) is 19.8. The van der Waals surface area contributed by atoms with Crippen molar-refractivity contribution >= 4 is 40.1 Å². The van der Waals surface area contributed by atoms with E-state index in [0.717, 1.165) is 0 Å². The van der Waals surface area contributed by atoms with Gasteiger partial charge in [0, 0.05) is 16.3 Å². The molecular weight excluding hydrogens is 458 g/mol. The second-order valence-corrected chi connectivity index (χ2v) is 7.66. The summed E-state index contributed by atoms with van der Waals surface area (Å²) in [5, 5.41) is 3.54. The molecule has 0 atom stereocenters. The molecule has 0 spiro atoms. The van der Waals surface area contributed by atoms with Gasteiger partial charge in [0.1, 0.15) is 5.58 Å². The molecule has 172 valence electrons. The smallest absolute Gasteiger partial charge is 0.338 e. The van der Waals surface area contributed by atoms with Gasteiger partial charge in [-0.15, -0.1) is 0 Å². The highest BCUT2D eigenvalue weighted by Crippen LogP contribution is 2.31. The molecule has 0 aliphatic rings. The van der Waals surface area contributed by atoms with Crippen molar-refractivity contribution in [2.24, 2.45) is 0 Å². The van der Waals surface area contributed by atoms with E-state index in [0.29, 0.717) is 32.8 Å². The molecule has 0 saturated carbocycles. The van der Waals surface area contributed by atoms with Crippen molar-refractivity contribution in [2.75, 3.05) is 18.5 Å². The molecule has 0 fully saturated rings. The van der Waals surface area contributed by atoms with Crippen molar-refractivity contribution in [1.29, 1.82) is 0 Å². The number of ether oxygens (including phenoxy) is 2. The summed E-state index contributed by atoms with van der Waals surface area (Å²) in [7, 11) is 0. The van der Waals surface area contributed by atoms with Crippen molar-refractivity contribution in [3.05, 3.63) is 93.6 Å². The fourth-order valence-corrected chi connectivity index (χ4v) is 3.41. The quantitative estimate of drug-likeness (QED) is 0.362. The van der Waals surface area contributed by atoms with Gasteiger partial charge in [-0.3, -0.25) is 9.59 Å². The second-order valence-electron chi connectivity index (χ2n) is 7.23. The third-order valence-corrected chi connectivity index (χ3v) is 5.14. The molecule has 8 heteroatoms. The summed E-state index contributed by atoms with van der Waals surface area (Å²) < 4.78 is 16.6. The number of fused-ring (bicyclic) bond motifs is 1. The first-order valence-corrected chi connectivity index (χ1v) is 10.9. The number of nitrogens with one attached hydrogen (secondary N) is 1. The molecule has 4 rings (SSSR count). The molecule has 1 aromatic heterocycles. The fraction of sp³-hybridized carbons (Fsp3) is 0.115. The molecule has 0 saturated heterocycles. The molecule has 4 aromatic rings. The number of carbonyl (C=O) groups excluding carboxylic acids is 2. The Bertz CT molecular complexity index is 1390. The van der Waals surface area contributed by atoms with E-state index in [1.54, 1.807) is 79.7 Å². The van der Waals surface area contributed by atoms with Crippen molar-refractivity contribution in [2.45, 2.75) is 6.92 Å². The predicted molar refractivity (Wildman–Crippen MR) is 129 cm³/mol. The zero-order valence-corrected chi connectivity index (χ0v) is 18.9. The van der Waals surface area contributed by atoms with Crippen LogP contribution in [0.5, 0.6) is 5.75 Å². The van der Waals surface area contributed by atoms with Crippen LogP contribution in [0.25, 0.3) is 22.3 Å². The lowest BCUT2D eigenvalue weighted by Gasteiger charge is -2.12. The van der Waals surface area contributed by atoms with Crippen LogP contribution in [0.4, 0.5) is 5.69 Å². The number of esters is 1. The minimum atomic E-state index is -0.488. The maximum absolute atomic E-state index is 13.1. The number of para-hydroxylation sites is 1. The molecule has 0 bridgehead atoms. The predicted octanol–water partition coefficient (Wildman–Crippen LogP) is 5.31. The van der Waals surface area contributed by atoms with Gasteiger partial charge < -0.3 is 19.2 Å². The number of carbonyl (C=O) groups is 2. The molecular formula is C26H20ClNO6. The van der Waals surface area contributed by atoms with E-state index in [-0.39, 0.29) is 18.1 Å². The zero-order valence-electron chi connectivity index (χ0n) is 18.2. The number of amides is 1. The third kappa shape index (κ3) is 5.10. The summed E-state index contributed by atoms with van der Waals surface area (Å²) in [6.45, 7) is 1.57. The maximum Gasteiger partial charge on any atom is 0.338 e. The van der Waals surface area contributed by atoms with Crippen molar-refractivity contribution in [3.63, 3.8) is 0 Å². The van der Waals surface area contributed by atoms with Crippen LogP contribution >= 0.6 is 11.6 Å². The monoisotopic (exact) mass is 477 g/mol. The normalized spacial score (nSPS) is 10.6. The average molecular weight is 478 g/mol. The van der Waals surface area contributed by atoms with E-state index < -0.39 is 23.9 Å². The van der Waals surface area contributed by atoms with Crippen molar-refractivity contribution in [1.82, 2.24) is 0 Å². The summed E-state index contributed by atoms with van der Waals surface area (Å²) in [5.41, 5.74) is 1.43. The lowest BCUT2D eigenvalue weighted by molar-refractivity contribution is -0.118. The molecule has 34 heavy (non-hydrogen) atoms. The van der Waals surface area contributed by atoms with E-state index in [9.17, 15) is 14.4 Å². The van der Waals surface area contributed by atoms with E-state index in [4.69, 9.17) is 25.5 Å². The first-order valence-electron chi connectivity index (χ1n) is 10.5. The Morgan fingerprint density at radius 2 is 1.68 bits per heavy atom. The second kappa shape index (κ2) is 10.2. The molecule has 1 heterocycles. The molecule has 0 aliphatic carbocycles. The van der Waals surface area contributed by atoms with Crippen molar-refractivity contribution < 1.29 is 23.5 Å². The van der Waals surface area contributed by atoms with E-state index >= 15 is 0 Å². The topological polar surface area (TPSA) is 94.8 Å². The Hall–Kier alpha value is -4.10. The SMILES string of the molecule is CCOC(=O)c1ccc(NC(=O)COc2c(-c3ccc(Cl)cc3)oc3ccccc3c2=O)cc1. The van der Waals surface area contributed by atoms with Gasteiger partial charge in [0.2, 0.25) is 11.2 Å². The fourth-order valence-electron chi connectivity index (χ4n) is 3.29. The molecule has 1 N–H and O–H groups in total. The first-order chi connectivity index (χ1) is 16.5. The third-order valence-electron chi connectivity index (χ3n) is 4.89. The van der Waals surface area contributed by atoms with Gasteiger partial charge in [0.15, 0.2) is 12.4 Å². The number of hydrogen-bond acceptors (Lipinski definition) is 6. The van der Waals surface area contributed by atoms with Gasteiger partial charge in [-0.05, 0) is 67.6 Å². The van der Waals surface area contributed by atoms with Crippen LogP contribution in [0.3, 0.4) is 0 Å². The highest BCUT2D eigenvalue weighted by atomic mass is 35.5. The molecule has 7 nitrogen and oxygen atoms in total. The summed E-state index contributed by atoms with van der Waals surface area (Å²) >= 11 is 5.99. The standard InChI is InChI=1S/C26H20ClNO6/c1-2-32-26(31)17-9-13-19(14-10-17)28-22(29)15-33-25-23(30)20-5-3-4-6-21(20)34-24(25)16-7-11-18(27)12-8-16/h3-14H,2,15H2,1H3,(H,28,29). The lowest BCUT2D eigenvalue weighted by atomic mass is 10.1. The van der Waals surface area contributed by atoms with Gasteiger partial charge in [-0.1, -0.05) is 23.7 Å². The maximum atomic E-state index is 13.1. The number of rotatable bonds is 7. The lowest BCUT2D eigenvalue weighted by Crippen LogP contribution is -2.22. The molecule has 0 unspecified atom stereocenters. The van der Waals surface area contributed by atoms with E-state index in [1.165, 1.54) is 0 Å². The number of anilines is 1. The molecule has 0 radical (unpaired) electrons. The van der Waals surface area contributed by atoms with Crippen LogP contribution < -0.4 is 15.5 Å². The number of hydrogen-bond donors (Lipinski definition) is 1. The largest absolute Gasteiger partial charge is 0.476 e. The summed E-state index contributed by atoms with van der Waals surface area (Å²) in [5.74, 6) is -0.805. The van der Waals surface area contributed by atoms with Crippen LogP contribution in [0.15, 0.2) is 82.0 Å². The first kappa shape index (κ1) is 23.1. The Morgan fingerprint density at radius 3 is 2.38 bits per heavy atom. The highest BCUT2D eigenvalue weighted by Gasteiger charge is 2.19. The number of halogens is 1. The molecule has 1 amide bonds. The van der Waals surface area contributed by atoms with Gasteiger partial charge >= 0.3 is 5.97 Å². The van der Waals surface area contributed by atoms with Crippen LogP contribution in [0.2, 0.25) is 5.02 Å². The van der Waals surface area contributed by atoms with Crippen LogP contribution in [0.1, 0.15) is 17.3 Å². The minimum absolute atomic E-state index is 0.0752. The highest BCUT2D eigenvalue weighted by molar-refractivity contribution is 6.30. The summed E-state index contributed by atoms with van der Waals surface area (Å²) in [4.78, 5) is 37.4. The molecule has 3 aromatic carbocycles.